The van der Waals surface area contributed by atoms with Crippen molar-refractivity contribution in [3.63, 3.8) is 0 Å². The fourth-order valence-corrected chi connectivity index (χ4v) is 0.825. The summed E-state index contributed by atoms with van der Waals surface area (Å²) >= 11 is 0. The zero-order valence-electron chi connectivity index (χ0n) is 7.81. The van der Waals surface area contributed by atoms with Crippen LogP contribution in [0.4, 0.5) is 0 Å². The molecule has 0 aliphatic heterocycles. The first-order chi connectivity index (χ1) is 5.81. The number of hydrogen-bond donors (Lipinski definition) is 1. The fraction of sp³-hybridized carbons (Fsp3) is 0.600. The monoisotopic (exact) mass is 168 g/mol. The predicted molar refractivity (Wildman–Crippen MR) is 51.6 cm³/mol. The summed E-state index contributed by atoms with van der Waals surface area (Å²) in [5.41, 5.74) is 0. The van der Waals surface area contributed by atoms with Crippen LogP contribution in [0.25, 0.3) is 0 Å². The number of rotatable bonds is 6. The molecular formula is C10H18NO. The van der Waals surface area contributed by atoms with Gasteiger partial charge in [0.1, 0.15) is 0 Å². The molecular weight excluding hydrogens is 150 g/mol. The van der Waals surface area contributed by atoms with E-state index in [9.17, 15) is 4.79 Å². The van der Waals surface area contributed by atoms with Gasteiger partial charge in [-0.25, -0.2) is 0 Å². The van der Waals surface area contributed by atoms with Crippen molar-refractivity contribution >= 4 is 5.91 Å². The third-order valence-corrected chi connectivity index (χ3v) is 1.56. The van der Waals surface area contributed by atoms with Crippen molar-refractivity contribution in [2.24, 2.45) is 0 Å². The molecule has 0 aliphatic carbocycles. The molecule has 0 rings (SSSR count). The zero-order valence-corrected chi connectivity index (χ0v) is 7.81. The van der Waals surface area contributed by atoms with Crippen molar-refractivity contribution < 1.29 is 4.79 Å². The van der Waals surface area contributed by atoms with E-state index in [0.717, 1.165) is 25.8 Å². The number of allylic oxidation sites excluding steroid dienone is 2. The Balaban J connectivity index is 3.21. The third kappa shape index (κ3) is 7.32. The lowest BCUT2D eigenvalue weighted by Crippen LogP contribution is -2.23. The van der Waals surface area contributed by atoms with Gasteiger partial charge in [0.25, 0.3) is 0 Å². The van der Waals surface area contributed by atoms with Gasteiger partial charge in [-0.1, -0.05) is 25.5 Å². The first-order valence-electron chi connectivity index (χ1n) is 4.52. The molecule has 0 spiro atoms. The van der Waals surface area contributed by atoms with Gasteiger partial charge in [-0.05, 0) is 19.8 Å². The summed E-state index contributed by atoms with van der Waals surface area (Å²) in [5, 5.41) is 2.85. The van der Waals surface area contributed by atoms with Crippen molar-refractivity contribution in [3.05, 3.63) is 19.1 Å². The largest absolute Gasteiger partial charge is 0.356 e. The fourth-order valence-electron chi connectivity index (χ4n) is 0.825. The van der Waals surface area contributed by atoms with Gasteiger partial charge in [0, 0.05) is 13.0 Å². The molecule has 0 heterocycles. The summed E-state index contributed by atoms with van der Waals surface area (Å²) in [7, 11) is 0. The molecule has 12 heavy (non-hydrogen) atoms. The highest BCUT2D eigenvalue weighted by Crippen LogP contribution is 1.91. The van der Waals surface area contributed by atoms with Gasteiger partial charge in [-0.15, -0.1) is 0 Å². The maximum absolute atomic E-state index is 11.0. The van der Waals surface area contributed by atoms with Crippen molar-refractivity contribution in [3.8, 4) is 0 Å². The Morgan fingerprint density at radius 1 is 1.58 bits per heavy atom. The van der Waals surface area contributed by atoms with E-state index in [-0.39, 0.29) is 5.91 Å². The number of amides is 1. The van der Waals surface area contributed by atoms with Crippen LogP contribution in [-0.2, 0) is 4.79 Å². The molecule has 0 saturated carbocycles. The molecule has 0 aromatic carbocycles. The van der Waals surface area contributed by atoms with E-state index in [1.807, 2.05) is 6.08 Å². The second-order valence-electron chi connectivity index (χ2n) is 2.71. The van der Waals surface area contributed by atoms with Gasteiger partial charge in [0.15, 0.2) is 0 Å². The van der Waals surface area contributed by atoms with Gasteiger partial charge in [-0.2, -0.15) is 0 Å². The zero-order chi connectivity index (χ0) is 9.23. The van der Waals surface area contributed by atoms with Crippen LogP contribution >= 0.6 is 0 Å². The normalized spacial score (nSPS) is 10.5. The van der Waals surface area contributed by atoms with E-state index in [1.54, 1.807) is 6.08 Å². The lowest BCUT2D eigenvalue weighted by atomic mass is 10.2. The molecule has 69 valence electrons. The summed E-state index contributed by atoms with van der Waals surface area (Å²) in [6, 6.07) is 0. The maximum Gasteiger partial charge on any atom is 0.220 e. The van der Waals surface area contributed by atoms with E-state index in [0.29, 0.717) is 6.42 Å². The van der Waals surface area contributed by atoms with E-state index < -0.39 is 0 Å². The molecule has 0 fully saturated rings. The Morgan fingerprint density at radius 3 is 2.92 bits per heavy atom. The van der Waals surface area contributed by atoms with Crippen LogP contribution in [0.1, 0.15) is 32.6 Å². The standard InChI is InChI=1S/C10H18NO/c1-3-5-7-8-10(12)11-9-6-4-2/h3,5H,1,4,6-9H2,2H3,(H,11,12)/b5-3+. The van der Waals surface area contributed by atoms with Crippen molar-refractivity contribution in [1.29, 1.82) is 0 Å². The second-order valence-corrected chi connectivity index (χ2v) is 2.71. The smallest absolute Gasteiger partial charge is 0.220 e. The second kappa shape index (κ2) is 8.31. The highest BCUT2D eigenvalue weighted by atomic mass is 16.1. The summed E-state index contributed by atoms with van der Waals surface area (Å²) < 4.78 is 0. The Kier molecular flexibility index (Phi) is 7.76. The van der Waals surface area contributed by atoms with E-state index in [4.69, 9.17) is 0 Å². The predicted octanol–water partition coefficient (Wildman–Crippen LogP) is 2.07. The van der Waals surface area contributed by atoms with E-state index in [1.165, 1.54) is 0 Å². The molecule has 0 aromatic heterocycles. The van der Waals surface area contributed by atoms with Crippen LogP contribution in [0.15, 0.2) is 12.2 Å². The van der Waals surface area contributed by atoms with Gasteiger partial charge < -0.3 is 5.32 Å². The third-order valence-electron chi connectivity index (χ3n) is 1.56. The average molecular weight is 168 g/mol. The van der Waals surface area contributed by atoms with Gasteiger partial charge in [0.05, 0.1) is 0 Å². The summed E-state index contributed by atoms with van der Waals surface area (Å²) in [4.78, 5) is 11.0. The molecule has 0 atom stereocenters. The van der Waals surface area contributed by atoms with Crippen LogP contribution in [0, 0.1) is 6.92 Å². The van der Waals surface area contributed by atoms with E-state index >= 15 is 0 Å². The Bertz CT molecular complexity index is 141. The van der Waals surface area contributed by atoms with Crippen molar-refractivity contribution in [2.45, 2.75) is 32.6 Å². The first-order valence-corrected chi connectivity index (χ1v) is 4.52. The molecule has 1 radical (unpaired) electrons. The first kappa shape index (κ1) is 11.2. The van der Waals surface area contributed by atoms with Gasteiger partial charge in [0.2, 0.25) is 5.91 Å². The van der Waals surface area contributed by atoms with Gasteiger partial charge >= 0.3 is 0 Å². The minimum absolute atomic E-state index is 0.140. The number of hydrogen-bond acceptors (Lipinski definition) is 1. The molecule has 0 aliphatic rings. The molecule has 0 unspecified atom stereocenters. The van der Waals surface area contributed by atoms with Crippen LogP contribution in [0.5, 0.6) is 0 Å². The minimum Gasteiger partial charge on any atom is -0.356 e. The molecule has 2 nitrogen and oxygen atoms in total. The Morgan fingerprint density at radius 2 is 2.33 bits per heavy atom. The average Bonchev–Trinajstić information content (AvgIpc) is 2.06. The molecule has 0 bridgehead atoms. The number of carbonyl (C=O) groups is 1. The number of unbranched alkanes of at least 4 members (excludes halogenated alkanes) is 1. The van der Waals surface area contributed by atoms with Crippen LogP contribution < -0.4 is 5.32 Å². The topological polar surface area (TPSA) is 29.1 Å². The SMILES string of the molecule is [CH2]/C=C/CCC(=O)NCCCC. The van der Waals surface area contributed by atoms with E-state index in [2.05, 4.69) is 19.2 Å². The van der Waals surface area contributed by atoms with Gasteiger partial charge in [-0.3, -0.25) is 4.79 Å². The molecule has 0 aromatic rings. The summed E-state index contributed by atoms with van der Waals surface area (Å²) in [6.45, 7) is 6.46. The molecule has 1 amide bonds. The van der Waals surface area contributed by atoms with Crippen LogP contribution in [0.2, 0.25) is 0 Å². The molecule has 2 heteroatoms. The minimum atomic E-state index is 0.140. The van der Waals surface area contributed by atoms with Crippen LogP contribution in [-0.4, -0.2) is 12.5 Å². The molecule has 0 saturated heterocycles. The lowest BCUT2D eigenvalue weighted by Gasteiger charge is -2.01. The number of carbonyl (C=O) groups excluding carboxylic acids is 1. The van der Waals surface area contributed by atoms with Crippen LogP contribution in [0.3, 0.4) is 0 Å². The Labute approximate surface area is 75.0 Å². The quantitative estimate of drug-likeness (QED) is 0.604. The summed E-state index contributed by atoms with van der Waals surface area (Å²) in [6.07, 6.45) is 7.19. The van der Waals surface area contributed by atoms with Crippen molar-refractivity contribution in [2.75, 3.05) is 6.54 Å². The maximum atomic E-state index is 11.0. The highest BCUT2D eigenvalue weighted by molar-refractivity contribution is 5.75. The lowest BCUT2D eigenvalue weighted by molar-refractivity contribution is -0.121. The molecule has 1 N–H and O–H groups in total. The Hall–Kier alpha value is -0.790. The highest BCUT2D eigenvalue weighted by Gasteiger charge is 1.96. The number of nitrogens with one attached hydrogen (secondary N) is 1. The van der Waals surface area contributed by atoms with Crippen molar-refractivity contribution in [1.82, 2.24) is 5.32 Å². The summed E-state index contributed by atoms with van der Waals surface area (Å²) in [5.74, 6) is 0.140.